The number of hydrogen-bond acceptors (Lipinski definition) is 3. The van der Waals surface area contributed by atoms with Crippen molar-refractivity contribution in [2.75, 3.05) is 6.54 Å². The first-order valence-electron chi connectivity index (χ1n) is 7.79. The Morgan fingerprint density at radius 1 is 1.12 bits per heavy atom. The summed E-state index contributed by atoms with van der Waals surface area (Å²) < 4.78 is 0. The molecule has 3 rings (SSSR count). The van der Waals surface area contributed by atoms with Gasteiger partial charge in [0.15, 0.2) is 0 Å². The zero-order valence-corrected chi connectivity index (χ0v) is 15.0. The van der Waals surface area contributed by atoms with Gasteiger partial charge in [0.2, 0.25) is 0 Å². The van der Waals surface area contributed by atoms with Gasteiger partial charge in [0.1, 0.15) is 0 Å². The van der Waals surface area contributed by atoms with Crippen LogP contribution in [0.3, 0.4) is 0 Å². The third kappa shape index (κ3) is 4.69. The number of halogens is 2. The van der Waals surface area contributed by atoms with E-state index in [1.165, 1.54) is 0 Å². The Kier molecular flexibility index (Phi) is 8.19. The Morgan fingerprint density at radius 2 is 1.88 bits per heavy atom. The smallest absolute Gasteiger partial charge is 0.253 e. The van der Waals surface area contributed by atoms with Crippen LogP contribution in [0.25, 0.3) is 11.1 Å². The Morgan fingerprint density at radius 3 is 2.58 bits per heavy atom. The number of aromatic nitrogens is 1. The summed E-state index contributed by atoms with van der Waals surface area (Å²) in [5.41, 5.74) is 8.39. The number of benzene rings is 1. The average Bonchev–Trinajstić information content (AvgIpc) is 3.03. The quantitative estimate of drug-likeness (QED) is 0.869. The van der Waals surface area contributed by atoms with Crippen LogP contribution in [0.5, 0.6) is 0 Å². The van der Waals surface area contributed by atoms with E-state index < -0.39 is 0 Å². The molecular weight excluding hydrogens is 345 g/mol. The third-order valence-corrected chi connectivity index (χ3v) is 4.39. The molecule has 2 atom stereocenters. The monoisotopic (exact) mass is 367 g/mol. The van der Waals surface area contributed by atoms with E-state index in [0.29, 0.717) is 18.0 Å². The summed E-state index contributed by atoms with van der Waals surface area (Å²) >= 11 is 0. The summed E-state index contributed by atoms with van der Waals surface area (Å²) in [6, 6.07) is 12.0. The molecule has 3 N–H and O–H groups in total. The minimum absolute atomic E-state index is 0. The van der Waals surface area contributed by atoms with Crippen LogP contribution >= 0.6 is 24.8 Å². The summed E-state index contributed by atoms with van der Waals surface area (Å²) in [5, 5.41) is 3.12. The normalized spacial score (nSPS) is 19.0. The fraction of sp³-hybridized carbons (Fsp3) is 0.333. The number of rotatable bonds is 4. The zero-order valence-electron chi connectivity index (χ0n) is 13.4. The number of carbonyl (C=O) groups excluding carboxylic acids is 1. The van der Waals surface area contributed by atoms with E-state index >= 15 is 0 Å². The van der Waals surface area contributed by atoms with Crippen molar-refractivity contribution >= 4 is 30.7 Å². The van der Waals surface area contributed by atoms with Crippen molar-refractivity contribution in [3.8, 4) is 11.1 Å². The molecule has 1 aliphatic carbocycles. The molecule has 1 saturated carbocycles. The van der Waals surface area contributed by atoms with Crippen molar-refractivity contribution in [1.82, 2.24) is 10.3 Å². The molecule has 1 amide bonds. The van der Waals surface area contributed by atoms with E-state index in [1.54, 1.807) is 12.4 Å². The van der Waals surface area contributed by atoms with Gasteiger partial charge in [-0.1, -0.05) is 36.8 Å². The second kappa shape index (κ2) is 9.62. The van der Waals surface area contributed by atoms with E-state index in [2.05, 4.69) is 10.3 Å². The second-order valence-electron chi connectivity index (χ2n) is 5.83. The van der Waals surface area contributed by atoms with Gasteiger partial charge in [0, 0.05) is 24.0 Å². The topological polar surface area (TPSA) is 68.0 Å². The molecule has 4 nitrogen and oxygen atoms in total. The molecule has 0 aliphatic heterocycles. The second-order valence-corrected chi connectivity index (χ2v) is 5.83. The predicted octanol–water partition coefficient (Wildman–Crippen LogP) is 3.45. The highest BCUT2D eigenvalue weighted by molar-refractivity contribution is 5.95. The van der Waals surface area contributed by atoms with Gasteiger partial charge in [-0.3, -0.25) is 9.78 Å². The molecule has 0 bridgehead atoms. The maximum Gasteiger partial charge on any atom is 0.253 e. The highest BCUT2D eigenvalue weighted by atomic mass is 35.5. The van der Waals surface area contributed by atoms with Gasteiger partial charge in [-0.05, 0) is 36.9 Å². The minimum atomic E-state index is -0.0596. The van der Waals surface area contributed by atoms with Crippen LogP contribution in [-0.4, -0.2) is 23.5 Å². The van der Waals surface area contributed by atoms with E-state index in [4.69, 9.17) is 5.73 Å². The van der Waals surface area contributed by atoms with Crippen LogP contribution in [0, 0.1) is 5.92 Å². The fourth-order valence-corrected chi connectivity index (χ4v) is 3.11. The number of nitrogens with two attached hydrogens (primary N) is 1. The minimum Gasteiger partial charge on any atom is -0.349 e. The molecule has 1 heterocycles. The highest BCUT2D eigenvalue weighted by Gasteiger charge is 2.27. The summed E-state index contributed by atoms with van der Waals surface area (Å²) in [7, 11) is 0. The lowest BCUT2D eigenvalue weighted by atomic mass is 10.0. The van der Waals surface area contributed by atoms with E-state index in [-0.39, 0.29) is 36.8 Å². The summed E-state index contributed by atoms with van der Waals surface area (Å²) in [6.45, 7) is 0.632. The molecule has 6 heteroatoms. The first-order valence-corrected chi connectivity index (χ1v) is 7.79. The Hall–Kier alpha value is -1.62. The first kappa shape index (κ1) is 20.4. The van der Waals surface area contributed by atoms with Crippen molar-refractivity contribution in [3.63, 3.8) is 0 Å². The lowest BCUT2D eigenvalue weighted by molar-refractivity contribution is 0.0928. The lowest BCUT2D eigenvalue weighted by Crippen LogP contribution is -2.39. The number of nitrogens with zero attached hydrogens (tertiary/aromatic N) is 1. The van der Waals surface area contributed by atoms with Gasteiger partial charge < -0.3 is 11.1 Å². The van der Waals surface area contributed by atoms with Crippen molar-refractivity contribution in [3.05, 3.63) is 54.4 Å². The van der Waals surface area contributed by atoms with E-state index in [9.17, 15) is 4.79 Å². The molecule has 130 valence electrons. The zero-order chi connectivity index (χ0) is 15.4. The lowest BCUT2D eigenvalue weighted by Gasteiger charge is -2.19. The van der Waals surface area contributed by atoms with E-state index in [1.807, 2.05) is 36.4 Å². The molecule has 0 saturated heterocycles. The van der Waals surface area contributed by atoms with Gasteiger partial charge in [-0.15, -0.1) is 24.8 Å². The average molecular weight is 368 g/mol. The van der Waals surface area contributed by atoms with Crippen LogP contribution in [0.2, 0.25) is 0 Å². The molecule has 1 aromatic heterocycles. The summed E-state index contributed by atoms with van der Waals surface area (Å²) in [6.07, 6.45) is 6.65. The fourth-order valence-electron chi connectivity index (χ4n) is 3.11. The highest BCUT2D eigenvalue weighted by Crippen LogP contribution is 2.25. The molecule has 1 fully saturated rings. The van der Waals surface area contributed by atoms with Gasteiger partial charge in [0.25, 0.3) is 5.91 Å². The van der Waals surface area contributed by atoms with Crippen LogP contribution in [-0.2, 0) is 0 Å². The molecule has 2 aromatic rings. The van der Waals surface area contributed by atoms with Gasteiger partial charge >= 0.3 is 0 Å². The van der Waals surface area contributed by atoms with E-state index in [0.717, 1.165) is 30.4 Å². The Bertz CT molecular complexity index is 652. The first-order chi connectivity index (χ1) is 10.8. The maximum atomic E-state index is 12.5. The Labute approximate surface area is 155 Å². The van der Waals surface area contributed by atoms with Crippen molar-refractivity contribution in [1.29, 1.82) is 0 Å². The molecule has 1 aromatic carbocycles. The van der Waals surface area contributed by atoms with Crippen LogP contribution in [0.4, 0.5) is 0 Å². The van der Waals surface area contributed by atoms with Gasteiger partial charge in [-0.2, -0.15) is 0 Å². The summed E-state index contributed by atoms with van der Waals surface area (Å²) in [4.78, 5) is 16.7. The molecule has 24 heavy (non-hydrogen) atoms. The molecular formula is C18H23Cl2N3O. The SMILES string of the molecule is Cl.Cl.NCC1CCCC1NC(=O)c1cncc(-c2ccccc2)c1. The van der Waals surface area contributed by atoms with Crippen molar-refractivity contribution in [2.45, 2.75) is 25.3 Å². The molecule has 0 radical (unpaired) electrons. The van der Waals surface area contributed by atoms with Crippen LogP contribution < -0.4 is 11.1 Å². The Balaban J connectivity index is 0.00000144. The molecule has 1 aliphatic rings. The number of amides is 1. The standard InChI is InChI=1S/C18H21N3O.2ClH/c19-10-14-7-4-8-17(14)21-18(22)16-9-15(11-20-12-16)13-5-2-1-3-6-13;;/h1-3,5-6,9,11-12,14,17H,4,7-8,10,19H2,(H,21,22);2*1H. The predicted molar refractivity (Wildman–Crippen MR) is 102 cm³/mol. The molecule has 0 spiro atoms. The third-order valence-electron chi connectivity index (χ3n) is 4.39. The van der Waals surface area contributed by atoms with Crippen molar-refractivity contribution in [2.24, 2.45) is 11.7 Å². The van der Waals surface area contributed by atoms with Crippen LogP contribution in [0.15, 0.2) is 48.8 Å². The largest absolute Gasteiger partial charge is 0.349 e. The van der Waals surface area contributed by atoms with Gasteiger partial charge in [0.05, 0.1) is 5.56 Å². The maximum absolute atomic E-state index is 12.5. The summed E-state index contributed by atoms with van der Waals surface area (Å²) in [5.74, 6) is 0.338. The number of nitrogens with one attached hydrogen (secondary N) is 1. The van der Waals surface area contributed by atoms with Crippen LogP contribution in [0.1, 0.15) is 29.6 Å². The number of pyridine rings is 1. The number of hydrogen-bond donors (Lipinski definition) is 2. The molecule has 2 unspecified atom stereocenters. The van der Waals surface area contributed by atoms with Crippen molar-refractivity contribution < 1.29 is 4.79 Å². The van der Waals surface area contributed by atoms with Gasteiger partial charge in [-0.25, -0.2) is 0 Å². The number of carbonyl (C=O) groups is 1.